The van der Waals surface area contributed by atoms with E-state index in [9.17, 15) is 19.2 Å². The van der Waals surface area contributed by atoms with Crippen molar-refractivity contribution in [1.29, 1.82) is 0 Å². The first kappa shape index (κ1) is 28.2. The second-order valence-electron chi connectivity index (χ2n) is 8.51. The van der Waals surface area contributed by atoms with Gasteiger partial charge in [0, 0.05) is 23.9 Å². The number of aromatic amines is 1. The normalized spacial score (nSPS) is 19.1. The molecule has 0 spiro atoms. The van der Waals surface area contributed by atoms with Crippen LogP contribution in [0.25, 0.3) is 0 Å². The molecule has 2 heterocycles. The molecule has 0 bridgehead atoms. The van der Waals surface area contributed by atoms with Crippen LogP contribution in [0.5, 0.6) is 0 Å². The largest absolute Gasteiger partial charge is 0.468 e. The standard InChI is InChI=1S/C27H27N3O7S2/c1-35-25(33)21-22(26(34)36-2)39-27(38-21)18-10-8-17(9-11-18)23(31)30-20(12-19-13-28-15-29-19)24(32)37-14-16-6-4-3-5-7-16/h3-11,13,15,20-22,27H,12,14H2,1-2H3,(H,28,29)(H,30,31). The van der Waals surface area contributed by atoms with Crippen molar-refractivity contribution in [2.45, 2.75) is 34.2 Å². The zero-order valence-electron chi connectivity index (χ0n) is 21.2. The highest BCUT2D eigenvalue weighted by molar-refractivity contribution is 8.21. The highest BCUT2D eigenvalue weighted by Gasteiger charge is 2.46. The van der Waals surface area contributed by atoms with Crippen LogP contribution in [0.15, 0.2) is 67.1 Å². The lowest BCUT2D eigenvalue weighted by Crippen LogP contribution is -2.43. The molecule has 0 aliphatic carbocycles. The summed E-state index contributed by atoms with van der Waals surface area (Å²) in [6.07, 6.45) is 3.26. The number of methoxy groups -OCH3 is 2. The van der Waals surface area contributed by atoms with Crippen molar-refractivity contribution in [3.05, 3.63) is 89.5 Å². The molecule has 2 N–H and O–H groups in total. The Bertz CT molecular complexity index is 1260. The van der Waals surface area contributed by atoms with Gasteiger partial charge in [-0.25, -0.2) is 9.78 Å². The SMILES string of the molecule is COC(=O)C1SC(c2ccc(C(=O)NC(Cc3cnc[nH]3)C(=O)OCc3ccccc3)cc2)SC1C(=O)OC. The van der Waals surface area contributed by atoms with Crippen LogP contribution in [0.3, 0.4) is 0 Å². The number of hydrogen-bond acceptors (Lipinski definition) is 10. The summed E-state index contributed by atoms with van der Waals surface area (Å²) < 4.78 is 14.9. The summed E-state index contributed by atoms with van der Waals surface area (Å²) in [5.41, 5.74) is 2.66. The van der Waals surface area contributed by atoms with Gasteiger partial charge in [0.2, 0.25) is 0 Å². The van der Waals surface area contributed by atoms with Gasteiger partial charge >= 0.3 is 17.9 Å². The molecule has 10 nitrogen and oxygen atoms in total. The predicted molar refractivity (Wildman–Crippen MR) is 146 cm³/mol. The average Bonchev–Trinajstić information content (AvgIpc) is 3.66. The minimum absolute atomic E-state index is 0.0829. The predicted octanol–water partition coefficient (Wildman–Crippen LogP) is 3.06. The maximum absolute atomic E-state index is 13.1. The van der Waals surface area contributed by atoms with E-state index in [1.54, 1.807) is 30.5 Å². The smallest absolute Gasteiger partial charge is 0.329 e. The van der Waals surface area contributed by atoms with Gasteiger partial charge in [0.25, 0.3) is 5.91 Å². The van der Waals surface area contributed by atoms with E-state index in [4.69, 9.17) is 14.2 Å². The van der Waals surface area contributed by atoms with E-state index >= 15 is 0 Å². The maximum Gasteiger partial charge on any atom is 0.329 e. The van der Waals surface area contributed by atoms with Gasteiger partial charge in [0.1, 0.15) is 23.1 Å². The number of carbonyl (C=O) groups excluding carboxylic acids is 4. The van der Waals surface area contributed by atoms with Gasteiger partial charge in [0.05, 0.1) is 25.1 Å². The first-order chi connectivity index (χ1) is 18.9. The van der Waals surface area contributed by atoms with Crippen molar-refractivity contribution in [3.63, 3.8) is 0 Å². The molecule has 3 unspecified atom stereocenters. The summed E-state index contributed by atoms with van der Waals surface area (Å²) >= 11 is 2.60. The number of amides is 1. The third kappa shape index (κ3) is 7.21. The molecule has 1 aromatic heterocycles. The molecule has 204 valence electrons. The number of imidazole rings is 1. The Balaban J connectivity index is 1.43. The first-order valence-corrected chi connectivity index (χ1v) is 13.8. The van der Waals surface area contributed by atoms with Crippen molar-refractivity contribution in [1.82, 2.24) is 15.3 Å². The zero-order chi connectivity index (χ0) is 27.8. The molecule has 39 heavy (non-hydrogen) atoms. The number of thioether (sulfide) groups is 2. The highest BCUT2D eigenvalue weighted by Crippen LogP contribution is 2.54. The molecule has 3 aromatic rings. The Labute approximate surface area is 233 Å². The molecule has 1 aliphatic heterocycles. The number of benzene rings is 2. The summed E-state index contributed by atoms with van der Waals surface area (Å²) in [5.74, 6) is -2.01. The summed E-state index contributed by atoms with van der Waals surface area (Å²) in [6.45, 7) is 0.0829. The number of ether oxygens (including phenoxy) is 3. The van der Waals surface area contributed by atoms with Crippen LogP contribution in [0, 0.1) is 0 Å². The fraction of sp³-hybridized carbons (Fsp3) is 0.296. The maximum atomic E-state index is 13.1. The molecule has 1 fully saturated rings. The summed E-state index contributed by atoms with van der Waals surface area (Å²) in [7, 11) is 2.55. The third-order valence-corrected chi connectivity index (χ3v) is 9.31. The minimum atomic E-state index is -0.941. The highest BCUT2D eigenvalue weighted by atomic mass is 32.2. The van der Waals surface area contributed by atoms with Crippen molar-refractivity contribution >= 4 is 47.3 Å². The fourth-order valence-corrected chi connectivity index (χ4v) is 7.30. The molecular formula is C27H27N3O7S2. The average molecular weight is 570 g/mol. The molecule has 2 aromatic carbocycles. The van der Waals surface area contributed by atoms with Crippen molar-refractivity contribution in [2.75, 3.05) is 14.2 Å². The Kier molecular flexibility index (Phi) is 9.66. The van der Waals surface area contributed by atoms with Gasteiger partial charge in [-0.05, 0) is 23.3 Å². The first-order valence-electron chi connectivity index (χ1n) is 11.9. The number of nitrogens with zero attached hydrogens (tertiary/aromatic N) is 1. The second kappa shape index (κ2) is 13.3. The lowest BCUT2D eigenvalue weighted by atomic mass is 10.1. The van der Waals surface area contributed by atoms with Crippen LogP contribution in [0.2, 0.25) is 0 Å². The number of H-pyrrole nitrogens is 1. The van der Waals surface area contributed by atoms with Crippen molar-refractivity contribution in [3.8, 4) is 0 Å². The number of esters is 3. The lowest BCUT2D eigenvalue weighted by molar-refractivity contribution is -0.147. The topological polar surface area (TPSA) is 137 Å². The summed E-state index contributed by atoms with van der Waals surface area (Å²) in [5, 5.41) is 1.36. The van der Waals surface area contributed by atoms with E-state index in [-0.39, 0.29) is 17.6 Å². The molecule has 1 aliphatic rings. The minimum Gasteiger partial charge on any atom is -0.468 e. The molecule has 0 saturated carbocycles. The quantitative estimate of drug-likeness (QED) is 0.277. The number of hydrogen-bond donors (Lipinski definition) is 2. The molecule has 4 rings (SSSR count). The number of rotatable bonds is 10. The zero-order valence-corrected chi connectivity index (χ0v) is 22.8. The third-order valence-electron chi connectivity index (χ3n) is 5.92. The molecular weight excluding hydrogens is 542 g/mol. The summed E-state index contributed by atoms with van der Waals surface area (Å²) in [4.78, 5) is 57.3. The van der Waals surface area contributed by atoms with E-state index in [1.165, 1.54) is 44.1 Å². The van der Waals surface area contributed by atoms with E-state index in [0.717, 1.165) is 11.1 Å². The van der Waals surface area contributed by atoms with Crippen molar-refractivity contribution in [2.24, 2.45) is 0 Å². The van der Waals surface area contributed by atoms with Gasteiger partial charge in [-0.2, -0.15) is 0 Å². The lowest BCUT2D eigenvalue weighted by Gasteiger charge is -2.18. The second-order valence-corrected chi connectivity index (χ2v) is 11.3. The van der Waals surface area contributed by atoms with E-state index in [2.05, 4.69) is 15.3 Å². The van der Waals surface area contributed by atoms with E-state index < -0.39 is 40.4 Å². The van der Waals surface area contributed by atoms with Gasteiger partial charge in [-0.3, -0.25) is 14.4 Å². The van der Waals surface area contributed by atoms with Crippen LogP contribution in [-0.2, 0) is 41.6 Å². The monoisotopic (exact) mass is 569 g/mol. The molecule has 3 atom stereocenters. The fourth-order valence-electron chi connectivity index (χ4n) is 3.86. The van der Waals surface area contributed by atoms with Gasteiger partial charge in [0.15, 0.2) is 0 Å². The van der Waals surface area contributed by atoms with Crippen LogP contribution >= 0.6 is 23.5 Å². The molecule has 0 radical (unpaired) electrons. The molecule has 1 amide bonds. The Morgan fingerprint density at radius 2 is 1.59 bits per heavy atom. The van der Waals surface area contributed by atoms with Gasteiger partial charge in [-0.15, -0.1) is 23.5 Å². The van der Waals surface area contributed by atoms with Crippen LogP contribution in [-0.4, -0.2) is 64.5 Å². The molecule has 12 heteroatoms. The number of nitrogens with one attached hydrogen (secondary N) is 2. The Morgan fingerprint density at radius 1 is 0.949 bits per heavy atom. The van der Waals surface area contributed by atoms with Crippen LogP contribution in [0.1, 0.15) is 31.8 Å². The van der Waals surface area contributed by atoms with E-state index in [0.29, 0.717) is 11.3 Å². The van der Waals surface area contributed by atoms with Crippen molar-refractivity contribution < 1.29 is 33.4 Å². The van der Waals surface area contributed by atoms with Gasteiger partial charge < -0.3 is 24.5 Å². The Morgan fingerprint density at radius 3 is 2.15 bits per heavy atom. The van der Waals surface area contributed by atoms with Crippen LogP contribution in [0.4, 0.5) is 0 Å². The Hall–Kier alpha value is -3.77. The number of aromatic nitrogens is 2. The van der Waals surface area contributed by atoms with Crippen LogP contribution < -0.4 is 5.32 Å². The summed E-state index contributed by atoms with van der Waals surface area (Å²) in [6, 6.07) is 15.1. The van der Waals surface area contributed by atoms with Gasteiger partial charge in [-0.1, -0.05) is 42.5 Å². The number of carbonyl (C=O) groups is 4. The molecule has 1 saturated heterocycles. The van der Waals surface area contributed by atoms with E-state index in [1.807, 2.05) is 30.3 Å².